The van der Waals surface area contributed by atoms with Crippen LogP contribution in [-0.2, 0) is 0 Å². The van der Waals surface area contributed by atoms with Crippen LogP contribution in [0.4, 0.5) is 4.79 Å². The Morgan fingerprint density at radius 2 is 2.21 bits per heavy atom. The molecule has 1 fully saturated rings. The summed E-state index contributed by atoms with van der Waals surface area (Å²) < 4.78 is 0. The summed E-state index contributed by atoms with van der Waals surface area (Å²) in [6, 6.07) is 2.36. The second kappa shape index (κ2) is 3.49. The molecule has 0 N–H and O–H groups in total. The molecule has 1 atom stereocenters. The Bertz CT molecular complexity index is 280. The Labute approximate surface area is 85.1 Å². The molecule has 2 amide bonds. The fourth-order valence-electron chi connectivity index (χ4n) is 1.69. The molecule has 0 aliphatic carbocycles. The van der Waals surface area contributed by atoms with Gasteiger partial charge in [0.15, 0.2) is 0 Å². The fraction of sp³-hybridized carbons (Fsp3) is 0.800. The Morgan fingerprint density at radius 1 is 1.64 bits per heavy atom. The zero-order chi connectivity index (χ0) is 10.9. The van der Waals surface area contributed by atoms with Gasteiger partial charge in [0, 0.05) is 13.6 Å². The van der Waals surface area contributed by atoms with E-state index in [2.05, 4.69) is 13.0 Å². The minimum absolute atomic E-state index is 0.0385. The monoisotopic (exact) mass is 195 g/mol. The summed E-state index contributed by atoms with van der Waals surface area (Å²) >= 11 is 0. The van der Waals surface area contributed by atoms with Crippen molar-refractivity contribution < 1.29 is 4.79 Å². The zero-order valence-electron chi connectivity index (χ0n) is 9.24. The molecule has 1 unspecified atom stereocenters. The molecule has 1 aliphatic rings. The summed E-state index contributed by atoms with van der Waals surface area (Å²) in [5, 5.41) is 8.96. The third kappa shape index (κ3) is 1.54. The number of carbonyl (C=O) groups excluding carboxylic acids is 1. The number of amides is 2. The van der Waals surface area contributed by atoms with Crippen molar-refractivity contribution in [3.8, 4) is 6.07 Å². The maximum atomic E-state index is 11.8. The van der Waals surface area contributed by atoms with Crippen molar-refractivity contribution in [3.63, 3.8) is 0 Å². The van der Waals surface area contributed by atoms with Crippen molar-refractivity contribution in [2.75, 3.05) is 13.6 Å². The molecule has 78 valence electrons. The molecule has 0 spiro atoms. The van der Waals surface area contributed by atoms with Crippen molar-refractivity contribution in [1.29, 1.82) is 5.26 Å². The molecule has 0 aromatic carbocycles. The number of carbonyl (C=O) groups is 1. The summed E-state index contributed by atoms with van der Waals surface area (Å²) in [6.07, 6.45) is 0.931. The van der Waals surface area contributed by atoms with E-state index in [0.29, 0.717) is 6.54 Å². The van der Waals surface area contributed by atoms with Gasteiger partial charge in [-0.25, -0.2) is 4.79 Å². The van der Waals surface area contributed by atoms with Crippen molar-refractivity contribution in [3.05, 3.63) is 0 Å². The summed E-state index contributed by atoms with van der Waals surface area (Å²) in [6.45, 7) is 6.26. The van der Waals surface area contributed by atoms with E-state index in [4.69, 9.17) is 5.26 Å². The average molecular weight is 195 g/mol. The highest BCUT2D eigenvalue weighted by molar-refractivity contribution is 5.78. The summed E-state index contributed by atoms with van der Waals surface area (Å²) in [5.41, 5.74) is -0.699. The van der Waals surface area contributed by atoms with Gasteiger partial charge in [-0.1, -0.05) is 6.92 Å². The largest absolute Gasteiger partial charge is 0.323 e. The molecule has 4 nitrogen and oxygen atoms in total. The Hall–Kier alpha value is -1.24. The first-order chi connectivity index (χ1) is 6.44. The predicted molar refractivity (Wildman–Crippen MR) is 53.6 cm³/mol. The van der Waals surface area contributed by atoms with Gasteiger partial charge < -0.3 is 9.80 Å². The van der Waals surface area contributed by atoms with Gasteiger partial charge in [-0.15, -0.1) is 0 Å². The Morgan fingerprint density at radius 3 is 2.57 bits per heavy atom. The van der Waals surface area contributed by atoms with Crippen molar-refractivity contribution in [2.24, 2.45) is 0 Å². The molecule has 0 aromatic heterocycles. The molecule has 1 rings (SSSR count). The van der Waals surface area contributed by atoms with Gasteiger partial charge in [-0.2, -0.15) is 5.26 Å². The molecule has 1 heterocycles. The smallest absolute Gasteiger partial charge is 0.321 e. The van der Waals surface area contributed by atoms with Gasteiger partial charge in [0.25, 0.3) is 0 Å². The lowest BCUT2D eigenvalue weighted by Crippen LogP contribution is -2.44. The highest BCUT2D eigenvalue weighted by Crippen LogP contribution is 2.24. The first-order valence-corrected chi connectivity index (χ1v) is 4.89. The first kappa shape index (κ1) is 10.8. The number of rotatable bonds is 2. The van der Waals surface area contributed by atoms with Crippen LogP contribution in [0, 0.1) is 11.3 Å². The second-order valence-corrected chi connectivity index (χ2v) is 4.24. The summed E-state index contributed by atoms with van der Waals surface area (Å²) in [7, 11) is 1.80. The standard InChI is InChI=1S/C10H17N3O/c1-5-8-6-13(9(14)12(8)4)10(2,3)7-11/h8H,5-6H2,1-4H3. The van der Waals surface area contributed by atoms with E-state index in [-0.39, 0.29) is 12.1 Å². The Kier molecular flexibility index (Phi) is 2.70. The van der Waals surface area contributed by atoms with E-state index in [1.165, 1.54) is 0 Å². The maximum Gasteiger partial charge on any atom is 0.321 e. The van der Waals surface area contributed by atoms with Crippen LogP contribution in [-0.4, -0.2) is 41.0 Å². The number of nitriles is 1. The summed E-state index contributed by atoms with van der Waals surface area (Å²) in [5.74, 6) is 0. The molecular weight excluding hydrogens is 178 g/mol. The van der Waals surface area contributed by atoms with Crippen molar-refractivity contribution in [1.82, 2.24) is 9.80 Å². The molecule has 0 aromatic rings. The fourth-order valence-corrected chi connectivity index (χ4v) is 1.69. The number of hydrogen-bond donors (Lipinski definition) is 0. The van der Waals surface area contributed by atoms with E-state index in [9.17, 15) is 4.79 Å². The third-order valence-electron chi connectivity index (χ3n) is 2.89. The molecule has 14 heavy (non-hydrogen) atoms. The second-order valence-electron chi connectivity index (χ2n) is 4.24. The van der Waals surface area contributed by atoms with Crippen LogP contribution in [0.3, 0.4) is 0 Å². The molecule has 0 saturated carbocycles. The first-order valence-electron chi connectivity index (χ1n) is 4.89. The summed E-state index contributed by atoms with van der Waals surface area (Å²) in [4.78, 5) is 15.1. The van der Waals surface area contributed by atoms with Crippen LogP contribution in [0.5, 0.6) is 0 Å². The van der Waals surface area contributed by atoms with Crippen molar-refractivity contribution >= 4 is 6.03 Å². The van der Waals surface area contributed by atoms with E-state index >= 15 is 0 Å². The normalized spacial score (nSPS) is 22.8. The molecule has 1 saturated heterocycles. The van der Waals surface area contributed by atoms with E-state index < -0.39 is 5.54 Å². The predicted octanol–water partition coefficient (Wildman–Crippen LogP) is 1.43. The van der Waals surface area contributed by atoms with E-state index in [1.807, 2.05) is 0 Å². The minimum Gasteiger partial charge on any atom is -0.323 e. The lowest BCUT2D eigenvalue weighted by Gasteiger charge is -2.27. The van der Waals surface area contributed by atoms with Crippen LogP contribution in [0.15, 0.2) is 0 Å². The SMILES string of the molecule is CCC1CN(C(C)(C)C#N)C(=O)N1C. The van der Waals surface area contributed by atoms with Crippen LogP contribution >= 0.6 is 0 Å². The van der Waals surface area contributed by atoms with Gasteiger partial charge in [0.1, 0.15) is 5.54 Å². The van der Waals surface area contributed by atoms with Crippen LogP contribution in [0.25, 0.3) is 0 Å². The van der Waals surface area contributed by atoms with Gasteiger partial charge in [0.2, 0.25) is 0 Å². The van der Waals surface area contributed by atoms with Crippen LogP contribution < -0.4 is 0 Å². The highest BCUT2D eigenvalue weighted by atomic mass is 16.2. The van der Waals surface area contributed by atoms with Gasteiger partial charge in [0.05, 0.1) is 12.1 Å². The number of urea groups is 1. The van der Waals surface area contributed by atoms with Gasteiger partial charge in [-0.3, -0.25) is 0 Å². The van der Waals surface area contributed by atoms with Gasteiger partial charge in [-0.05, 0) is 20.3 Å². The average Bonchev–Trinajstić information content (AvgIpc) is 2.44. The number of hydrogen-bond acceptors (Lipinski definition) is 2. The minimum atomic E-state index is -0.699. The molecular formula is C10H17N3O. The molecule has 1 aliphatic heterocycles. The van der Waals surface area contributed by atoms with E-state index in [1.54, 1.807) is 30.7 Å². The van der Waals surface area contributed by atoms with Crippen LogP contribution in [0.2, 0.25) is 0 Å². The highest BCUT2D eigenvalue weighted by Gasteiger charge is 2.41. The molecule has 4 heteroatoms. The quantitative estimate of drug-likeness (QED) is 0.669. The van der Waals surface area contributed by atoms with E-state index in [0.717, 1.165) is 6.42 Å². The topological polar surface area (TPSA) is 47.3 Å². The third-order valence-corrected chi connectivity index (χ3v) is 2.89. The maximum absolute atomic E-state index is 11.8. The van der Waals surface area contributed by atoms with Crippen LogP contribution in [0.1, 0.15) is 27.2 Å². The van der Waals surface area contributed by atoms with Gasteiger partial charge >= 0.3 is 6.03 Å². The number of nitrogens with zero attached hydrogens (tertiary/aromatic N) is 3. The lowest BCUT2D eigenvalue weighted by atomic mass is 10.1. The molecule has 0 bridgehead atoms. The zero-order valence-corrected chi connectivity index (χ0v) is 9.24. The number of likely N-dealkylation sites (N-methyl/N-ethyl adjacent to an activating group) is 1. The van der Waals surface area contributed by atoms with Crippen molar-refractivity contribution in [2.45, 2.75) is 38.8 Å². The molecule has 0 radical (unpaired) electrons. The lowest BCUT2D eigenvalue weighted by molar-refractivity contribution is 0.172. The Balaban J connectivity index is 2.86.